The first kappa shape index (κ1) is 16.0. The monoisotopic (exact) mass is 317 g/mol. The van der Waals surface area contributed by atoms with Gasteiger partial charge in [0.25, 0.3) is 0 Å². The van der Waals surface area contributed by atoms with Crippen LogP contribution in [0.1, 0.15) is 26.7 Å². The fourth-order valence-corrected chi connectivity index (χ4v) is 3.43. The SMILES string of the molecule is CC(C)C1CCN(c2cc(N3CCN(C)C(=O)C3)ncn2)CC1. The van der Waals surface area contributed by atoms with E-state index in [9.17, 15) is 4.79 Å². The van der Waals surface area contributed by atoms with Crippen LogP contribution in [-0.4, -0.2) is 60.5 Å². The van der Waals surface area contributed by atoms with Crippen LogP contribution in [0.3, 0.4) is 0 Å². The lowest BCUT2D eigenvalue weighted by Crippen LogP contribution is -2.48. The third-order valence-corrected chi connectivity index (χ3v) is 5.23. The third kappa shape index (κ3) is 3.57. The molecule has 3 heterocycles. The predicted molar refractivity (Wildman–Crippen MR) is 91.7 cm³/mol. The highest BCUT2D eigenvalue weighted by Gasteiger charge is 2.25. The van der Waals surface area contributed by atoms with Gasteiger partial charge in [-0.15, -0.1) is 0 Å². The molecule has 2 aliphatic rings. The average Bonchev–Trinajstić information content (AvgIpc) is 2.57. The van der Waals surface area contributed by atoms with Gasteiger partial charge in [0.2, 0.25) is 5.91 Å². The van der Waals surface area contributed by atoms with Gasteiger partial charge in [-0.1, -0.05) is 13.8 Å². The van der Waals surface area contributed by atoms with Gasteiger partial charge in [-0.3, -0.25) is 4.79 Å². The molecule has 0 saturated carbocycles. The number of hydrogen-bond donors (Lipinski definition) is 0. The zero-order valence-corrected chi connectivity index (χ0v) is 14.4. The highest BCUT2D eigenvalue weighted by Crippen LogP contribution is 2.28. The number of rotatable bonds is 3. The highest BCUT2D eigenvalue weighted by molar-refractivity contribution is 5.82. The molecule has 2 aliphatic heterocycles. The lowest BCUT2D eigenvalue weighted by Gasteiger charge is -2.35. The normalized spacial score (nSPS) is 20.5. The number of piperidine rings is 1. The van der Waals surface area contributed by atoms with E-state index in [1.165, 1.54) is 12.8 Å². The summed E-state index contributed by atoms with van der Waals surface area (Å²) < 4.78 is 0. The van der Waals surface area contributed by atoms with Gasteiger partial charge in [0.15, 0.2) is 0 Å². The first-order valence-corrected chi connectivity index (χ1v) is 8.60. The van der Waals surface area contributed by atoms with Crippen molar-refractivity contribution in [2.75, 3.05) is 49.6 Å². The van der Waals surface area contributed by atoms with Crippen LogP contribution < -0.4 is 9.80 Å². The molecule has 6 heteroatoms. The Labute approximate surface area is 138 Å². The van der Waals surface area contributed by atoms with Crippen molar-refractivity contribution < 1.29 is 4.79 Å². The number of nitrogens with zero attached hydrogens (tertiary/aromatic N) is 5. The minimum atomic E-state index is 0.147. The maximum absolute atomic E-state index is 11.9. The van der Waals surface area contributed by atoms with Crippen LogP contribution in [0, 0.1) is 11.8 Å². The van der Waals surface area contributed by atoms with E-state index >= 15 is 0 Å². The Morgan fingerprint density at radius 2 is 1.70 bits per heavy atom. The van der Waals surface area contributed by atoms with Crippen molar-refractivity contribution in [3.8, 4) is 0 Å². The second-order valence-corrected chi connectivity index (χ2v) is 7.04. The molecule has 2 saturated heterocycles. The molecule has 1 amide bonds. The van der Waals surface area contributed by atoms with Gasteiger partial charge in [0.05, 0.1) is 6.54 Å². The van der Waals surface area contributed by atoms with E-state index in [2.05, 4.69) is 28.7 Å². The summed E-state index contributed by atoms with van der Waals surface area (Å²) in [5.41, 5.74) is 0. The molecular weight excluding hydrogens is 290 g/mol. The molecule has 0 bridgehead atoms. The minimum absolute atomic E-state index is 0.147. The fourth-order valence-electron chi connectivity index (χ4n) is 3.43. The van der Waals surface area contributed by atoms with Gasteiger partial charge in [0.1, 0.15) is 18.0 Å². The van der Waals surface area contributed by atoms with Crippen LogP contribution in [0.2, 0.25) is 0 Å². The Bertz CT molecular complexity index is 554. The Balaban J connectivity index is 1.67. The Kier molecular flexibility index (Phi) is 4.68. The van der Waals surface area contributed by atoms with Crippen LogP contribution in [-0.2, 0) is 4.79 Å². The lowest BCUT2D eigenvalue weighted by atomic mass is 9.87. The zero-order chi connectivity index (χ0) is 16.4. The van der Waals surface area contributed by atoms with E-state index in [4.69, 9.17) is 0 Å². The summed E-state index contributed by atoms with van der Waals surface area (Å²) in [6.07, 6.45) is 4.08. The largest absolute Gasteiger partial charge is 0.356 e. The first-order chi connectivity index (χ1) is 11.0. The highest BCUT2D eigenvalue weighted by atomic mass is 16.2. The third-order valence-electron chi connectivity index (χ3n) is 5.23. The van der Waals surface area contributed by atoms with Crippen LogP contribution in [0.4, 0.5) is 11.6 Å². The molecule has 0 aromatic carbocycles. The van der Waals surface area contributed by atoms with Gasteiger partial charge in [-0.25, -0.2) is 9.97 Å². The molecule has 0 unspecified atom stereocenters. The van der Waals surface area contributed by atoms with Crippen LogP contribution in [0.5, 0.6) is 0 Å². The average molecular weight is 317 g/mol. The second kappa shape index (κ2) is 6.72. The molecule has 1 aromatic heterocycles. The maximum Gasteiger partial charge on any atom is 0.241 e. The lowest BCUT2D eigenvalue weighted by molar-refractivity contribution is -0.129. The summed E-state index contributed by atoms with van der Waals surface area (Å²) in [6.45, 7) is 8.72. The first-order valence-electron chi connectivity index (χ1n) is 8.60. The molecule has 0 spiro atoms. The fraction of sp³-hybridized carbons (Fsp3) is 0.706. The van der Waals surface area contributed by atoms with Crippen molar-refractivity contribution in [3.05, 3.63) is 12.4 Å². The molecule has 2 fully saturated rings. The molecule has 0 atom stereocenters. The van der Waals surface area contributed by atoms with Crippen molar-refractivity contribution in [2.45, 2.75) is 26.7 Å². The summed E-state index contributed by atoms with van der Waals surface area (Å²) in [7, 11) is 1.85. The summed E-state index contributed by atoms with van der Waals surface area (Å²) in [4.78, 5) is 26.9. The van der Waals surface area contributed by atoms with E-state index in [0.717, 1.165) is 49.7 Å². The van der Waals surface area contributed by atoms with Crippen LogP contribution in [0.25, 0.3) is 0 Å². The number of carbonyl (C=O) groups is 1. The molecule has 0 aliphatic carbocycles. The summed E-state index contributed by atoms with van der Waals surface area (Å²) in [6, 6.07) is 2.04. The number of aromatic nitrogens is 2. The minimum Gasteiger partial charge on any atom is -0.356 e. The number of hydrogen-bond acceptors (Lipinski definition) is 5. The molecule has 6 nitrogen and oxygen atoms in total. The number of likely N-dealkylation sites (N-methyl/N-ethyl adjacent to an activating group) is 1. The van der Waals surface area contributed by atoms with Gasteiger partial charge < -0.3 is 14.7 Å². The summed E-state index contributed by atoms with van der Waals surface area (Å²) in [5.74, 6) is 3.58. The van der Waals surface area contributed by atoms with Gasteiger partial charge in [-0.2, -0.15) is 0 Å². The maximum atomic E-state index is 11.9. The predicted octanol–water partition coefficient (Wildman–Crippen LogP) is 1.63. The quantitative estimate of drug-likeness (QED) is 0.848. The molecule has 0 N–H and O–H groups in total. The molecular formula is C17H27N5O. The molecule has 126 valence electrons. The van der Waals surface area contributed by atoms with Crippen LogP contribution >= 0.6 is 0 Å². The molecule has 23 heavy (non-hydrogen) atoms. The Hall–Kier alpha value is -1.85. The van der Waals surface area contributed by atoms with Gasteiger partial charge in [-0.05, 0) is 24.7 Å². The number of anilines is 2. The van der Waals surface area contributed by atoms with E-state index in [1.54, 1.807) is 11.2 Å². The number of piperazine rings is 1. The van der Waals surface area contributed by atoms with E-state index in [0.29, 0.717) is 6.54 Å². The topological polar surface area (TPSA) is 52.6 Å². The van der Waals surface area contributed by atoms with E-state index < -0.39 is 0 Å². The van der Waals surface area contributed by atoms with Crippen LogP contribution in [0.15, 0.2) is 12.4 Å². The van der Waals surface area contributed by atoms with Gasteiger partial charge in [0, 0.05) is 39.3 Å². The Morgan fingerprint density at radius 3 is 2.30 bits per heavy atom. The molecule has 3 rings (SSSR count). The number of amides is 1. The van der Waals surface area contributed by atoms with Crippen molar-refractivity contribution >= 4 is 17.5 Å². The summed E-state index contributed by atoms with van der Waals surface area (Å²) in [5, 5.41) is 0. The van der Waals surface area contributed by atoms with Crippen molar-refractivity contribution in [1.29, 1.82) is 0 Å². The standard InChI is InChI=1S/C17H27N5O/c1-13(2)14-4-6-21(7-5-14)15-10-16(19-12-18-15)22-9-8-20(3)17(23)11-22/h10,12-14H,4-9,11H2,1-3H3. The van der Waals surface area contributed by atoms with Gasteiger partial charge >= 0.3 is 0 Å². The smallest absolute Gasteiger partial charge is 0.241 e. The van der Waals surface area contributed by atoms with E-state index in [1.807, 2.05) is 18.0 Å². The molecule has 1 aromatic rings. The molecule has 0 radical (unpaired) electrons. The Morgan fingerprint density at radius 1 is 1.04 bits per heavy atom. The number of carbonyl (C=O) groups excluding carboxylic acids is 1. The van der Waals surface area contributed by atoms with Crippen molar-refractivity contribution in [1.82, 2.24) is 14.9 Å². The van der Waals surface area contributed by atoms with Crippen molar-refractivity contribution in [2.24, 2.45) is 11.8 Å². The van der Waals surface area contributed by atoms with E-state index in [-0.39, 0.29) is 5.91 Å². The zero-order valence-electron chi connectivity index (χ0n) is 14.4. The second-order valence-electron chi connectivity index (χ2n) is 7.04. The summed E-state index contributed by atoms with van der Waals surface area (Å²) >= 11 is 0. The van der Waals surface area contributed by atoms with Crippen molar-refractivity contribution in [3.63, 3.8) is 0 Å².